The summed E-state index contributed by atoms with van der Waals surface area (Å²) in [6.45, 7) is 0. The molecule has 0 saturated carbocycles. The van der Waals surface area contributed by atoms with Crippen LogP contribution in [0, 0.1) is 0 Å². The first-order chi connectivity index (χ1) is 5.79. The van der Waals surface area contributed by atoms with Crippen LogP contribution < -0.4 is 5.69 Å². The van der Waals surface area contributed by atoms with E-state index >= 15 is 0 Å². The van der Waals surface area contributed by atoms with E-state index in [2.05, 4.69) is 4.98 Å². The summed E-state index contributed by atoms with van der Waals surface area (Å²) in [6, 6.07) is 7.66. The Balaban J connectivity index is 3.01. The van der Waals surface area contributed by atoms with Crippen LogP contribution in [-0.4, -0.2) is 9.55 Å². The molecule has 1 heterocycles. The van der Waals surface area contributed by atoms with Gasteiger partial charge in [0, 0.05) is 18.6 Å². The van der Waals surface area contributed by atoms with Gasteiger partial charge in [-0.1, -0.05) is 18.2 Å². The van der Waals surface area contributed by atoms with Gasteiger partial charge in [-0.3, -0.25) is 4.57 Å². The Morgan fingerprint density at radius 2 is 2.08 bits per heavy atom. The number of rotatable bonds is 0. The van der Waals surface area contributed by atoms with Crippen LogP contribution in [0.2, 0.25) is 0 Å². The standard InChI is InChI=1S/C9H8N2O/c1-11-8-5-3-2-4-7(8)6-10-9(11)12/h2-6H,1H3. The van der Waals surface area contributed by atoms with Crippen molar-refractivity contribution in [1.82, 2.24) is 9.55 Å². The molecule has 2 rings (SSSR count). The molecule has 0 N–H and O–H groups in total. The zero-order valence-corrected chi connectivity index (χ0v) is 6.69. The predicted molar refractivity (Wildman–Crippen MR) is 47.0 cm³/mol. The second-order valence-corrected chi connectivity index (χ2v) is 2.66. The van der Waals surface area contributed by atoms with E-state index in [4.69, 9.17) is 0 Å². The first-order valence-corrected chi connectivity index (χ1v) is 3.70. The summed E-state index contributed by atoms with van der Waals surface area (Å²) < 4.78 is 1.54. The minimum atomic E-state index is -0.214. The fourth-order valence-corrected chi connectivity index (χ4v) is 1.22. The van der Waals surface area contributed by atoms with Crippen LogP contribution in [0.4, 0.5) is 0 Å². The van der Waals surface area contributed by atoms with Crippen molar-refractivity contribution >= 4 is 10.9 Å². The Bertz CT molecular complexity index is 473. The summed E-state index contributed by atoms with van der Waals surface area (Å²) >= 11 is 0. The highest BCUT2D eigenvalue weighted by Gasteiger charge is 1.96. The van der Waals surface area contributed by atoms with Crippen LogP contribution in [0.3, 0.4) is 0 Å². The van der Waals surface area contributed by atoms with E-state index in [0.29, 0.717) is 0 Å². The van der Waals surface area contributed by atoms with Gasteiger partial charge >= 0.3 is 5.69 Å². The van der Waals surface area contributed by atoms with Gasteiger partial charge in [0.05, 0.1) is 5.52 Å². The van der Waals surface area contributed by atoms with Crippen molar-refractivity contribution < 1.29 is 0 Å². The lowest BCUT2D eigenvalue weighted by Gasteiger charge is -2.00. The van der Waals surface area contributed by atoms with E-state index in [0.717, 1.165) is 10.9 Å². The molecule has 0 unspecified atom stereocenters. The molecule has 0 fully saturated rings. The van der Waals surface area contributed by atoms with Crippen molar-refractivity contribution in [2.45, 2.75) is 0 Å². The first kappa shape index (κ1) is 7.03. The molecule has 0 aliphatic carbocycles. The van der Waals surface area contributed by atoms with E-state index in [-0.39, 0.29) is 5.69 Å². The van der Waals surface area contributed by atoms with Gasteiger partial charge in [0.2, 0.25) is 0 Å². The SMILES string of the molecule is Cn1c(=O)ncc2ccccc21. The lowest BCUT2D eigenvalue weighted by atomic mass is 10.2. The van der Waals surface area contributed by atoms with E-state index < -0.39 is 0 Å². The highest BCUT2D eigenvalue weighted by Crippen LogP contribution is 2.07. The molecule has 1 aromatic heterocycles. The van der Waals surface area contributed by atoms with Crippen molar-refractivity contribution in [2.24, 2.45) is 7.05 Å². The van der Waals surface area contributed by atoms with Crippen molar-refractivity contribution in [1.29, 1.82) is 0 Å². The third-order valence-corrected chi connectivity index (χ3v) is 1.90. The molecule has 0 aliphatic heterocycles. The summed E-state index contributed by atoms with van der Waals surface area (Å²) in [5.74, 6) is 0. The minimum absolute atomic E-state index is 0.214. The van der Waals surface area contributed by atoms with Gasteiger partial charge in [-0.15, -0.1) is 0 Å². The fraction of sp³-hybridized carbons (Fsp3) is 0.111. The normalized spacial score (nSPS) is 10.4. The van der Waals surface area contributed by atoms with E-state index in [1.165, 1.54) is 4.57 Å². The molecule has 2 aromatic rings. The van der Waals surface area contributed by atoms with Crippen molar-refractivity contribution in [3.8, 4) is 0 Å². The lowest BCUT2D eigenvalue weighted by molar-refractivity contribution is 0.853. The second kappa shape index (κ2) is 2.44. The maximum absolute atomic E-state index is 11.1. The largest absolute Gasteiger partial charge is 0.347 e. The molecule has 1 aromatic carbocycles. The van der Waals surface area contributed by atoms with Crippen LogP contribution in [0.15, 0.2) is 35.3 Å². The van der Waals surface area contributed by atoms with Crippen LogP contribution in [0.5, 0.6) is 0 Å². The number of para-hydroxylation sites is 1. The minimum Gasteiger partial charge on any atom is -0.295 e. The number of fused-ring (bicyclic) bond motifs is 1. The zero-order chi connectivity index (χ0) is 8.55. The molecule has 0 amide bonds. The number of hydrogen-bond acceptors (Lipinski definition) is 2. The molecule has 0 spiro atoms. The van der Waals surface area contributed by atoms with Crippen LogP contribution >= 0.6 is 0 Å². The molecular weight excluding hydrogens is 152 g/mol. The van der Waals surface area contributed by atoms with Gasteiger partial charge in [-0.2, -0.15) is 0 Å². The predicted octanol–water partition coefficient (Wildman–Crippen LogP) is 0.933. The molecule has 0 bridgehead atoms. The van der Waals surface area contributed by atoms with Crippen LogP contribution in [-0.2, 0) is 7.05 Å². The van der Waals surface area contributed by atoms with Crippen molar-refractivity contribution in [3.05, 3.63) is 40.9 Å². The van der Waals surface area contributed by atoms with E-state index in [1.807, 2.05) is 24.3 Å². The topological polar surface area (TPSA) is 34.9 Å². The molecule has 3 nitrogen and oxygen atoms in total. The summed E-state index contributed by atoms with van der Waals surface area (Å²) in [7, 11) is 1.72. The molecule has 60 valence electrons. The van der Waals surface area contributed by atoms with Crippen molar-refractivity contribution in [2.75, 3.05) is 0 Å². The zero-order valence-electron chi connectivity index (χ0n) is 6.69. The molecule has 0 atom stereocenters. The van der Waals surface area contributed by atoms with Crippen LogP contribution in [0.1, 0.15) is 0 Å². The average molecular weight is 160 g/mol. The van der Waals surface area contributed by atoms with Gasteiger partial charge in [-0.25, -0.2) is 9.78 Å². The number of aromatic nitrogens is 2. The fourth-order valence-electron chi connectivity index (χ4n) is 1.22. The highest BCUT2D eigenvalue weighted by atomic mass is 16.1. The summed E-state index contributed by atoms with van der Waals surface area (Å²) in [5, 5.41) is 0.986. The number of aryl methyl sites for hydroxylation is 1. The lowest BCUT2D eigenvalue weighted by Crippen LogP contribution is -2.19. The number of hydrogen-bond donors (Lipinski definition) is 0. The summed E-state index contributed by atoms with van der Waals surface area (Å²) in [5.41, 5.74) is 0.700. The number of benzene rings is 1. The van der Waals surface area contributed by atoms with Gasteiger partial charge in [-0.05, 0) is 6.07 Å². The molecule has 0 saturated heterocycles. The Labute approximate surface area is 69.3 Å². The summed E-state index contributed by atoms with van der Waals surface area (Å²) in [6.07, 6.45) is 1.59. The van der Waals surface area contributed by atoms with Gasteiger partial charge < -0.3 is 0 Å². The monoisotopic (exact) mass is 160 g/mol. The molecular formula is C9H8N2O. The summed E-state index contributed by atoms with van der Waals surface area (Å²) in [4.78, 5) is 14.8. The van der Waals surface area contributed by atoms with Gasteiger partial charge in [0.15, 0.2) is 0 Å². The van der Waals surface area contributed by atoms with Gasteiger partial charge in [0.25, 0.3) is 0 Å². The maximum atomic E-state index is 11.1. The Hall–Kier alpha value is -1.64. The van der Waals surface area contributed by atoms with Crippen molar-refractivity contribution in [3.63, 3.8) is 0 Å². The Morgan fingerprint density at radius 1 is 1.33 bits per heavy atom. The molecule has 12 heavy (non-hydrogen) atoms. The third-order valence-electron chi connectivity index (χ3n) is 1.90. The molecule has 0 aliphatic rings. The third kappa shape index (κ3) is 0.906. The van der Waals surface area contributed by atoms with Gasteiger partial charge in [0.1, 0.15) is 0 Å². The second-order valence-electron chi connectivity index (χ2n) is 2.66. The molecule has 3 heteroatoms. The highest BCUT2D eigenvalue weighted by molar-refractivity contribution is 5.77. The van der Waals surface area contributed by atoms with E-state index in [9.17, 15) is 4.79 Å². The smallest absolute Gasteiger partial charge is 0.295 e. The molecule has 0 radical (unpaired) electrons. The first-order valence-electron chi connectivity index (χ1n) is 3.70. The Kier molecular flexibility index (Phi) is 1.43. The van der Waals surface area contributed by atoms with Crippen LogP contribution in [0.25, 0.3) is 10.9 Å². The average Bonchev–Trinajstić information content (AvgIpc) is 2.12. The quantitative estimate of drug-likeness (QED) is 0.574. The maximum Gasteiger partial charge on any atom is 0.347 e. The van der Waals surface area contributed by atoms with E-state index in [1.54, 1.807) is 13.2 Å². The Morgan fingerprint density at radius 3 is 2.92 bits per heavy atom. The number of nitrogens with zero attached hydrogens (tertiary/aromatic N) is 2.